The van der Waals surface area contributed by atoms with Crippen molar-refractivity contribution >= 4 is 28.0 Å². The Bertz CT molecular complexity index is 776. The van der Waals surface area contributed by atoms with Crippen LogP contribution in [0.25, 0.3) is 0 Å². The number of aromatic nitrogens is 2. The van der Waals surface area contributed by atoms with E-state index in [0.717, 1.165) is 0 Å². The standard InChI is InChI=1S/C14H8BrF6N3O2/c15-10-4-22-11(23-5-10)24(12(25)26)6-7-1-8(13(16,17)18)3-9(2-7)14(19,20)21/h1-5H,6H2,(H,25,26). The topological polar surface area (TPSA) is 66.3 Å². The van der Waals surface area contributed by atoms with Crippen molar-refractivity contribution in [1.29, 1.82) is 0 Å². The lowest BCUT2D eigenvalue weighted by atomic mass is 10.0. The quantitative estimate of drug-likeness (QED) is 0.680. The molecule has 0 aliphatic rings. The van der Waals surface area contributed by atoms with Crippen LogP contribution in [0.1, 0.15) is 16.7 Å². The number of halogens is 7. The molecule has 0 atom stereocenters. The minimum Gasteiger partial charge on any atom is -0.465 e. The molecule has 0 aliphatic carbocycles. The summed E-state index contributed by atoms with van der Waals surface area (Å²) >= 11 is 3.02. The third-order valence-electron chi connectivity index (χ3n) is 3.07. The van der Waals surface area contributed by atoms with Gasteiger partial charge in [-0.1, -0.05) is 0 Å². The summed E-state index contributed by atoms with van der Waals surface area (Å²) in [5, 5.41) is 9.21. The van der Waals surface area contributed by atoms with Crippen LogP contribution < -0.4 is 4.90 Å². The number of hydrogen-bond acceptors (Lipinski definition) is 3. The maximum atomic E-state index is 12.9. The van der Waals surface area contributed by atoms with Crippen LogP contribution in [0.2, 0.25) is 0 Å². The number of benzene rings is 1. The Labute approximate surface area is 150 Å². The van der Waals surface area contributed by atoms with E-state index in [1.165, 1.54) is 12.4 Å². The molecule has 0 spiro atoms. The number of carbonyl (C=O) groups is 1. The largest absolute Gasteiger partial charge is 0.465 e. The van der Waals surface area contributed by atoms with E-state index in [4.69, 9.17) is 0 Å². The summed E-state index contributed by atoms with van der Waals surface area (Å²) in [5.41, 5.74) is -3.59. The van der Waals surface area contributed by atoms with Crippen molar-refractivity contribution in [3.63, 3.8) is 0 Å². The van der Waals surface area contributed by atoms with E-state index in [9.17, 15) is 36.2 Å². The van der Waals surface area contributed by atoms with Gasteiger partial charge in [-0.2, -0.15) is 26.3 Å². The van der Waals surface area contributed by atoms with Crippen molar-refractivity contribution in [3.8, 4) is 0 Å². The first kappa shape index (κ1) is 19.9. The van der Waals surface area contributed by atoms with Gasteiger partial charge in [-0.25, -0.2) is 19.7 Å². The lowest BCUT2D eigenvalue weighted by Crippen LogP contribution is -2.30. The second-order valence-corrected chi connectivity index (χ2v) is 5.90. The van der Waals surface area contributed by atoms with Crippen molar-refractivity contribution in [3.05, 3.63) is 51.8 Å². The summed E-state index contributed by atoms with van der Waals surface area (Å²) in [6.45, 7) is -0.802. The monoisotopic (exact) mass is 443 g/mol. The molecule has 1 N–H and O–H groups in total. The zero-order valence-electron chi connectivity index (χ0n) is 12.4. The van der Waals surface area contributed by atoms with Gasteiger partial charge in [0, 0.05) is 12.4 Å². The number of rotatable bonds is 3. The molecule has 12 heteroatoms. The molecule has 1 aromatic carbocycles. The minimum atomic E-state index is -5.03. The highest BCUT2D eigenvalue weighted by atomic mass is 79.9. The lowest BCUT2D eigenvalue weighted by molar-refractivity contribution is -0.143. The summed E-state index contributed by atoms with van der Waals surface area (Å²) in [5.74, 6) is -0.397. The maximum Gasteiger partial charge on any atom is 0.416 e. The summed E-state index contributed by atoms with van der Waals surface area (Å²) in [6, 6.07) is 0.860. The lowest BCUT2D eigenvalue weighted by Gasteiger charge is -2.19. The minimum absolute atomic E-state index is 0.0370. The van der Waals surface area contributed by atoms with Crippen molar-refractivity contribution in [2.75, 3.05) is 4.90 Å². The van der Waals surface area contributed by atoms with E-state index < -0.39 is 47.6 Å². The number of anilines is 1. The van der Waals surface area contributed by atoms with Gasteiger partial charge in [0.25, 0.3) is 0 Å². The van der Waals surface area contributed by atoms with Gasteiger partial charge in [-0.3, -0.25) is 0 Å². The molecule has 2 aromatic rings. The molecule has 1 aromatic heterocycles. The summed E-state index contributed by atoms with van der Waals surface area (Å²) < 4.78 is 77.6. The number of hydrogen-bond donors (Lipinski definition) is 1. The van der Waals surface area contributed by atoms with Crippen LogP contribution in [0.15, 0.2) is 35.1 Å². The Morgan fingerprint density at radius 2 is 1.46 bits per heavy atom. The fraction of sp³-hybridized carbons (Fsp3) is 0.214. The highest BCUT2D eigenvalue weighted by Gasteiger charge is 2.37. The highest BCUT2D eigenvalue weighted by molar-refractivity contribution is 9.10. The fourth-order valence-corrected chi connectivity index (χ4v) is 2.17. The fourth-order valence-electron chi connectivity index (χ4n) is 1.96. The van der Waals surface area contributed by atoms with Crippen molar-refractivity contribution < 1.29 is 36.2 Å². The predicted octanol–water partition coefficient (Wildman–Crippen LogP) is 4.96. The number of amides is 1. The molecule has 0 fully saturated rings. The molecule has 0 radical (unpaired) electrons. The molecule has 26 heavy (non-hydrogen) atoms. The first-order valence-electron chi connectivity index (χ1n) is 6.64. The van der Waals surface area contributed by atoms with E-state index in [1.807, 2.05) is 0 Å². The Morgan fingerprint density at radius 1 is 1.00 bits per heavy atom. The van der Waals surface area contributed by atoms with Crippen LogP contribution in [0, 0.1) is 0 Å². The van der Waals surface area contributed by atoms with Crippen LogP contribution in [-0.4, -0.2) is 21.2 Å². The van der Waals surface area contributed by atoms with Crippen molar-refractivity contribution in [2.24, 2.45) is 0 Å². The van der Waals surface area contributed by atoms with Crippen LogP contribution in [0.4, 0.5) is 37.1 Å². The van der Waals surface area contributed by atoms with Gasteiger partial charge in [-0.15, -0.1) is 0 Å². The van der Waals surface area contributed by atoms with Crippen LogP contribution in [-0.2, 0) is 18.9 Å². The Balaban J connectivity index is 2.48. The third-order valence-corrected chi connectivity index (χ3v) is 3.48. The normalized spacial score (nSPS) is 12.1. The predicted molar refractivity (Wildman–Crippen MR) is 80.4 cm³/mol. The molecule has 5 nitrogen and oxygen atoms in total. The molecule has 0 saturated carbocycles. The number of alkyl halides is 6. The molecule has 0 saturated heterocycles. The van der Waals surface area contributed by atoms with Gasteiger partial charge in [0.15, 0.2) is 0 Å². The molecule has 1 amide bonds. The second kappa shape index (κ2) is 7.09. The van der Waals surface area contributed by atoms with E-state index >= 15 is 0 Å². The third kappa shape index (κ3) is 4.84. The van der Waals surface area contributed by atoms with Crippen LogP contribution >= 0.6 is 15.9 Å². The first-order chi connectivity index (χ1) is 11.9. The molecular weight excluding hydrogens is 436 g/mol. The van der Waals surface area contributed by atoms with Crippen LogP contribution in [0.3, 0.4) is 0 Å². The van der Waals surface area contributed by atoms with Gasteiger partial charge >= 0.3 is 18.4 Å². The van der Waals surface area contributed by atoms with Gasteiger partial charge in [0.1, 0.15) is 0 Å². The summed E-state index contributed by atoms with van der Waals surface area (Å²) in [7, 11) is 0. The van der Waals surface area contributed by atoms with E-state index in [1.54, 1.807) is 0 Å². The number of carboxylic acid groups (broad SMARTS) is 1. The molecule has 2 rings (SSSR count). The van der Waals surface area contributed by atoms with Crippen LogP contribution in [0.5, 0.6) is 0 Å². The van der Waals surface area contributed by atoms with Gasteiger partial charge < -0.3 is 5.11 Å². The maximum absolute atomic E-state index is 12.9. The molecular formula is C14H8BrF6N3O2. The van der Waals surface area contributed by atoms with Crippen molar-refractivity contribution in [1.82, 2.24) is 9.97 Å². The SMILES string of the molecule is O=C(O)N(Cc1cc(C(F)(F)F)cc(C(F)(F)F)c1)c1ncc(Br)cn1. The zero-order chi connectivity index (χ0) is 19.7. The summed E-state index contributed by atoms with van der Waals surface area (Å²) in [6.07, 6.45) is -9.33. The average molecular weight is 444 g/mol. The second-order valence-electron chi connectivity index (χ2n) is 4.98. The van der Waals surface area contributed by atoms with Gasteiger partial charge in [0.05, 0.1) is 22.1 Å². The van der Waals surface area contributed by atoms with Crippen molar-refractivity contribution in [2.45, 2.75) is 18.9 Å². The molecule has 0 bridgehead atoms. The molecule has 0 unspecified atom stereocenters. The molecule has 1 heterocycles. The van der Waals surface area contributed by atoms with E-state index in [2.05, 4.69) is 25.9 Å². The van der Waals surface area contributed by atoms with E-state index in [0.29, 0.717) is 21.5 Å². The average Bonchev–Trinajstić information content (AvgIpc) is 2.51. The van der Waals surface area contributed by atoms with Gasteiger partial charge in [-0.05, 0) is 39.7 Å². The zero-order valence-corrected chi connectivity index (χ0v) is 14.0. The highest BCUT2D eigenvalue weighted by Crippen LogP contribution is 2.36. The number of nitrogens with zero attached hydrogens (tertiary/aromatic N) is 3. The Morgan fingerprint density at radius 3 is 1.85 bits per heavy atom. The molecule has 0 aliphatic heterocycles. The smallest absolute Gasteiger partial charge is 0.416 e. The Kier molecular flexibility index (Phi) is 5.44. The Hall–Kier alpha value is -2.37. The summed E-state index contributed by atoms with van der Waals surface area (Å²) in [4.78, 5) is 19.1. The molecule has 140 valence electrons. The van der Waals surface area contributed by atoms with Gasteiger partial charge in [0.2, 0.25) is 5.95 Å². The first-order valence-corrected chi connectivity index (χ1v) is 7.43. The van der Waals surface area contributed by atoms with E-state index in [-0.39, 0.29) is 6.07 Å².